The molecule has 0 radical (unpaired) electrons. The summed E-state index contributed by atoms with van der Waals surface area (Å²) in [7, 11) is 0. The Morgan fingerprint density at radius 2 is 1.68 bits per heavy atom. The van der Waals surface area contributed by atoms with E-state index >= 15 is 0 Å². The average molecular weight is 764 g/mol. The van der Waals surface area contributed by atoms with Crippen LogP contribution in [0.3, 0.4) is 0 Å². The summed E-state index contributed by atoms with van der Waals surface area (Å²) in [5, 5.41) is 12.0. The molecule has 1 saturated heterocycles. The molecule has 296 valence electrons. The standard InChI is InChI=1S/C44H53N5O7/c1-43-20-18-33-30(12-16-36-44(33,2)21-19-38(51)47-36)32(43)13-14-34(43)39(52)46-27-8-7-9-28(24-27)56-23-6-4-3-5-22-45-26-10-11-29-31(25-26)42(55)49(41(29)54)35-15-17-37(50)48-40(35)53/h7-11,19,21,24-25,30,32-36,45H,3-6,12-18,20,22-23H2,1-2H3,(H,46,52)(H,47,51)(H,48,50,53)/t30-,32-,33-,34+,35?,36+,43-,44+/m0/s1. The first-order valence-electron chi connectivity index (χ1n) is 20.6. The number of carbonyl (C=O) groups excluding carboxylic acids is 6. The molecule has 0 aromatic heterocycles. The van der Waals surface area contributed by atoms with Gasteiger partial charge in [0.1, 0.15) is 11.8 Å². The van der Waals surface area contributed by atoms with Crippen LogP contribution in [0.4, 0.5) is 11.4 Å². The predicted molar refractivity (Wildman–Crippen MR) is 210 cm³/mol. The molecule has 2 aromatic carbocycles. The van der Waals surface area contributed by atoms with Gasteiger partial charge in [-0.3, -0.25) is 39.0 Å². The summed E-state index contributed by atoms with van der Waals surface area (Å²) in [6.07, 6.45) is 14.1. The third-order valence-electron chi connectivity index (χ3n) is 14.2. The Labute approximate surface area is 327 Å². The molecule has 3 aliphatic heterocycles. The zero-order chi connectivity index (χ0) is 39.2. The van der Waals surface area contributed by atoms with Crippen molar-refractivity contribution in [1.82, 2.24) is 15.5 Å². The highest BCUT2D eigenvalue weighted by Gasteiger charge is 2.61. The van der Waals surface area contributed by atoms with E-state index in [9.17, 15) is 28.8 Å². The van der Waals surface area contributed by atoms with Crippen molar-refractivity contribution in [2.45, 2.75) is 103 Å². The third-order valence-corrected chi connectivity index (χ3v) is 14.2. The van der Waals surface area contributed by atoms with Gasteiger partial charge in [0, 0.05) is 47.8 Å². The summed E-state index contributed by atoms with van der Waals surface area (Å²) in [6, 6.07) is 12.0. The number of ether oxygens (including phenoxy) is 1. The van der Waals surface area contributed by atoms with Crippen LogP contribution in [-0.4, -0.2) is 65.6 Å². The van der Waals surface area contributed by atoms with Crippen molar-refractivity contribution in [2.75, 3.05) is 23.8 Å². The van der Waals surface area contributed by atoms with Crippen LogP contribution in [0.5, 0.6) is 5.75 Å². The minimum atomic E-state index is -0.979. The van der Waals surface area contributed by atoms with Crippen molar-refractivity contribution in [3.05, 3.63) is 65.7 Å². The molecule has 8 atom stereocenters. The molecule has 8 rings (SSSR count). The Morgan fingerprint density at radius 3 is 2.52 bits per heavy atom. The van der Waals surface area contributed by atoms with E-state index < -0.39 is 29.7 Å². The lowest BCUT2D eigenvalue weighted by Gasteiger charge is -2.58. The van der Waals surface area contributed by atoms with Crippen LogP contribution < -0.4 is 26.0 Å². The molecule has 4 N–H and O–H groups in total. The topological polar surface area (TPSA) is 163 Å². The van der Waals surface area contributed by atoms with Crippen molar-refractivity contribution >= 4 is 46.8 Å². The van der Waals surface area contributed by atoms with Gasteiger partial charge < -0.3 is 20.7 Å². The summed E-state index contributed by atoms with van der Waals surface area (Å²) in [4.78, 5) is 76.8. The van der Waals surface area contributed by atoms with Crippen LogP contribution in [0, 0.1) is 34.5 Å². The number of piperidine rings is 1. The number of fused-ring (bicyclic) bond motifs is 6. The highest BCUT2D eigenvalue weighted by Crippen LogP contribution is 2.65. The molecular weight excluding hydrogens is 711 g/mol. The predicted octanol–water partition coefficient (Wildman–Crippen LogP) is 5.99. The second kappa shape index (κ2) is 15.2. The van der Waals surface area contributed by atoms with Gasteiger partial charge in [0.15, 0.2) is 0 Å². The molecule has 12 heteroatoms. The SMILES string of the molecule is C[C@]12C=CC(=O)N[C@@H]1CC[C@@H]1[C@@H]2CC[C@]2(C)[C@@H](C(=O)Nc3cccc(OCCCCCCNc4ccc5c(c4)C(=O)N(C4CCC(=O)NC4=O)C5=O)c3)CC[C@@H]12. The van der Waals surface area contributed by atoms with E-state index in [0.717, 1.165) is 86.2 Å². The van der Waals surface area contributed by atoms with Gasteiger partial charge in [-0.15, -0.1) is 0 Å². The second-order valence-corrected chi connectivity index (χ2v) is 17.3. The second-order valence-electron chi connectivity index (χ2n) is 17.3. The van der Waals surface area contributed by atoms with Crippen LogP contribution in [0.15, 0.2) is 54.6 Å². The minimum absolute atomic E-state index is 0.0128. The fourth-order valence-electron chi connectivity index (χ4n) is 11.2. The fraction of sp³-hybridized carbons (Fsp3) is 0.545. The number of hydrogen-bond acceptors (Lipinski definition) is 8. The zero-order valence-electron chi connectivity index (χ0n) is 32.4. The summed E-state index contributed by atoms with van der Waals surface area (Å²) >= 11 is 0. The highest BCUT2D eigenvalue weighted by atomic mass is 16.5. The summed E-state index contributed by atoms with van der Waals surface area (Å²) in [5.41, 5.74) is 1.98. The number of imide groups is 2. The Hall–Kier alpha value is -5.00. The average Bonchev–Trinajstić information content (AvgIpc) is 3.65. The number of nitrogens with one attached hydrogen (secondary N) is 4. The van der Waals surface area contributed by atoms with E-state index in [1.54, 1.807) is 24.3 Å². The third kappa shape index (κ3) is 6.89. The molecule has 0 bridgehead atoms. The number of nitrogens with zero attached hydrogens (tertiary/aromatic N) is 1. The number of rotatable bonds is 12. The number of amides is 6. The summed E-state index contributed by atoms with van der Waals surface area (Å²) < 4.78 is 6.08. The lowest BCUT2D eigenvalue weighted by atomic mass is 9.48. The Morgan fingerprint density at radius 1 is 0.857 bits per heavy atom. The van der Waals surface area contributed by atoms with Gasteiger partial charge >= 0.3 is 0 Å². The van der Waals surface area contributed by atoms with E-state index in [4.69, 9.17) is 4.74 Å². The van der Waals surface area contributed by atoms with Crippen molar-refractivity contribution < 1.29 is 33.5 Å². The Kier molecular flexibility index (Phi) is 10.3. The first-order chi connectivity index (χ1) is 27.0. The largest absolute Gasteiger partial charge is 0.494 e. The molecule has 56 heavy (non-hydrogen) atoms. The van der Waals surface area contributed by atoms with E-state index in [-0.39, 0.29) is 58.6 Å². The lowest BCUT2D eigenvalue weighted by molar-refractivity contribution is -0.136. The monoisotopic (exact) mass is 763 g/mol. The van der Waals surface area contributed by atoms with E-state index in [1.165, 1.54) is 0 Å². The molecule has 12 nitrogen and oxygen atoms in total. The lowest BCUT2D eigenvalue weighted by Crippen LogP contribution is -2.59. The molecule has 6 aliphatic rings. The minimum Gasteiger partial charge on any atom is -0.494 e. The number of benzene rings is 2. The van der Waals surface area contributed by atoms with Gasteiger partial charge in [-0.25, -0.2) is 0 Å². The first kappa shape index (κ1) is 37.9. The van der Waals surface area contributed by atoms with Crippen LogP contribution >= 0.6 is 0 Å². The maximum atomic E-state index is 13.9. The molecule has 2 aromatic rings. The maximum Gasteiger partial charge on any atom is 0.262 e. The number of hydrogen-bond donors (Lipinski definition) is 4. The molecule has 3 heterocycles. The van der Waals surface area contributed by atoms with Gasteiger partial charge in [-0.05, 0) is 117 Å². The van der Waals surface area contributed by atoms with Crippen molar-refractivity contribution in [1.29, 1.82) is 0 Å². The molecule has 6 amide bonds. The van der Waals surface area contributed by atoms with Crippen molar-refractivity contribution in [3.8, 4) is 5.75 Å². The van der Waals surface area contributed by atoms with Gasteiger partial charge in [-0.1, -0.05) is 38.8 Å². The van der Waals surface area contributed by atoms with Crippen LogP contribution in [-0.2, 0) is 19.2 Å². The van der Waals surface area contributed by atoms with Crippen LogP contribution in [0.1, 0.15) is 112 Å². The van der Waals surface area contributed by atoms with E-state index in [0.29, 0.717) is 30.9 Å². The molecule has 3 saturated carbocycles. The quantitative estimate of drug-likeness (QED) is 0.151. The number of unbranched alkanes of at least 4 members (excludes halogenated alkanes) is 3. The first-order valence-corrected chi connectivity index (χ1v) is 20.6. The van der Waals surface area contributed by atoms with Gasteiger partial charge in [0.2, 0.25) is 23.6 Å². The van der Waals surface area contributed by atoms with Crippen LogP contribution in [0.2, 0.25) is 0 Å². The Balaban J connectivity index is 0.758. The summed E-state index contributed by atoms with van der Waals surface area (Å²) in [6.45, 7) is 5.95. The van der Waals surface area contributed by atoms with Gasteiger partial charge in [0.25, 0.3) is 11.8 Å². The van der Waals surface area contributed by atoms with Gasteiger partial charge in [-0.2, -0.15) is 0 Å². The van der Waals surface area contributed by atoms with E-state index in [2.05, 4.69) is 41.2 Å². The van der Waals surface area contributed by atoms with Gasteiger partial charge in [0.05, 0.1) is 17.7 Å². The summed E-state index contributed by atoms with van der Waals surface area (Å²) in [5.74, 6) is 0.426. The fourth-order valence-corrected chi connectivity index (χ4v) is 11.2. The van der Waals surface area contributed by atoms with Crippen molar-refractivity contribution in [2.24, 2.45) is 34.5 Å². The maximum absolute atomic E-state index is 13.9. The molecular formula is C44H53N5O7. The molecule has 3 aliphatic carbocycles. The molecule has 0 spiro atoms. The highest BCUT2D eigenvalue weighted by molar-refractivity contribution is 6.23. The van der Waals surface area contributed by atoms with Crippen LogP contribution in [0.25, 0.3) is 0 Å². The van der Waals surface area contributed by atoms with E-state index in [1.807, 2.05) is 24.3 Å². The molecule has 1 unspecified atom stereocenters. The van der Waals surface area contributed by atoms with Crippen molar-refractivity contribution in [3.63, 3.8) is 0 Å². The number of carbonyl (C=O) groups is 6. The molecule has 4 fully saturated rings. The number of anilines is 2. The normalized spacial score (nSPS) is 31.8. The zero-order valence-corrected chi connectivity index (χ0v) is 32.4. The smallest absolute Gasteiger partial charge is 0.262 e. The Bertz CT molecular complexity index is 1980.